The van der Waals surface area contributed by atoms with Gasteiger partial charge in [-0.25, -0.2) is 0 Å². The van der Waals surface area contributed by atoms with E-state index in [0.29, 0.717) is 25.0 Å². The molecule has 0 bridgehead atoms. The highest BCUT2D eigenvalue weighted by atomic mass is 16.5. The van der Waals surface area contributed by atoms with Crippen LogP contribution in [-0.2, 0) is 11.2 Å². The van der Waals surface area contributed by atoms with E-state index in [9.17, 15) is 15.0 Å². The van der Waals surface area contributed by atoms with E-state index in [-0.39, 0.29) is 6.42 Å². The molecule has 4 nitrogen and oxygen atoms in total. The number of rotatable bonds is 8. The minimum absolute atomic E-state index is 0.270. The molecule has 1 aromatic rings. The Kier molecular flexibility index (Phi) is 6.02. The van der Waals surface area contributed by atoms with Crippen molar-refractivity contribution in [3.63, 3.8) is 0 Å². The standard InChI is InChI=1S/C16H24O4/c1-4-16(19,5-2)11-13(15(17)18)9-12-7-6-8-14(10-12)20-3/h6-8,10,13,19H,4-5,9,11H2,1-3H3,(H,17,18). The molecular weight excluding hydrogens is 256 g/mol. The van der Waals surface area contributed by atoms with Gasteiger partial charge in [-0.1, -0.05) is 26.0 Å². The maximum absolute atomic E-state index is 11.4. The van der Waals surface area contributed by atoms with Crippen LogP contribution in [0.2, 0.25) is 0 Å². The number of carboxylic acids is 1. The van der Waals surface area contributed by atoms with E-state index in [1.165, 1.54) is 0 Å². The lowest BCUT2D eigenvalue weighted by Gasteiger charge is -2.28. The normalized spacial score (nSPS) is 13.0. The maximum atomic E-state index is 11.4. The molecule has 0 fully saturated rings. The number of methoxy groups -OCH3 is 1. The molecule has 0 aromatic heterocycles. The monoisotopic (exact) mass is 280 g/mol. The van der Waals surface area contributed by atoms with Crippen LogP contribution in [0.3, 0.4) is 0 Å². The molecule has 4 heteroatoms. The molecule has 112 valence electrons. The molecule has 2 N–H and O–H groups in total. The van der Waals surface area contributed by atoms with Crippen molar-refractivity contribution in [3.8, 4) is 5.75 Å². The van der Waals surface area contributed by atoms with Gasteiger partial charge in [0.15, 0.2) is 0 Å². The topological polar surface area (TPSA) is 66.8 Å². The fraction of sp³-hybridized carbons (Fsp3) is 0.562. The summed E-state index contributed by atoms with van der Waals surface area (Å²) in [6.45, 7) is 3.77. The third kappa shape index (κ3) is 4.53. The van der Waals surface area contributed by atoms with Gasteiger partial charge < -0.3 is 14.9 Å². The number of ether oxygens (including phenoxy) is 1. The predicted molar refractivity (Wildman–Crippen MR) is 78.0 cm³/mol. The molecular formula is C16H24O4. The highest BCUT2D eigenvalue weighted by Crippen LogP contribution is 2.27. The maximum Gasteiger partial charge on any atom is 0.306 e. The van der Waals surface area contributed by atoms with Crippen molar-refractivity contribution in [1.29, 1.82) is 0 Å². The number of carbonyl (C=O) groups is 1. The number of hydrogen-bond donors (Lipinski definition) is 2. The lowest BCUT2D eigenvalue weighted by Crippen LogP contribution is -2.33. The van der Waals surface area contributed by atoms with Gasteiger partial charge in [0.25, 0.3) is 0 Å². The summed E-state index contributed by atoms with van der Waals surface area (Å²) in [7, 11) is 1.58. The Balaban J connectivity index is 2.84. The van der Waals surface area contributed by atoms with E-state index >= 15 is 0 Å². The van der Waals surface area contributed by atoms with Crippen molar-refractivity contribution in [2.45, 2.75) is 45.1 Å². The Morgan fingerprint density at radius 1 is 1.35 bits per heavy atom. The summed E-state index contributed by atoms with van der Waals surface area (Å²) in [6.07, 6.45) is 1.79. The van der Waals surface area contributed by atoms with E-state index in [4.69, 9.17) is 4.74 Å². The lowest BCUT2D eigenvalue weighted by atomic mass is 9.83. The Bertz CT molecular complexity index is 438. The average molecular weight is 280 g/mol. The van der Waals surface area contributed by atoms with Crippen LogP contribution in [0.4, 0.5) is 0 Å². The van der Waals surface area contributed by atoms with Crippen LogP contribution in [0.1, 0.15) is 38.7 Å². The second-order valence-corrected chi connectivity index (χ2v) is 5.23. The van der Waals surface area contributed by atoms with Gasteiger partial charge in [-0.3, -0.25) is 4.79 Å². The van der Waals surface area contributed by atoms with E-state index < -0.39 is 17.5 Å². The first kappa shape index (κ1) is 16.5. The Morgan fingerprint density at radius 3 is 2.50 bits per heavy atom. The first-order valence-corrected chi connectivity index (χ1v) is 7.02. The molecule has 1 rings (SSSR count). The zero-order valence-electron chi connectivity index (χ0n) is 12.4. The fourth-order valence-electron chi connectivity index (χ4n) is 2.33. The molecule has 1 unspecified atom stereocenters. The van der Waals surface area contributed by atoms with Crippen molar-refractivity contribution < 1.29 is 19.7 Å². The minimum atomic E-state index is -0.901. The molecule has 1 aromatic carbocycles. The summed E-state index contributed by atoms with van der Waals surface area (Å²) in [5, 5.41) is 19.7. The van der Waals surface area contributed by atoms with Gasteiger partial charge >= 0.3 is 5.97 Å². The van der Waals surface area contributed by atoms with Crippen LogP contribution in [-0.4, -0.2) is 28.9 Å². The molecule has 20 heavy (non-hydrogen) atoms. The van der Waals surface area contributed by atoms with Crippen LogP contribution in [0, 0.1) is 5.92 Å². The molecule has 0 aliphatic carbocycles. The molecule has 1 atom stereocenters. The number of aliphatic carboxylic acids is 1. The molecule has 0 spiro atoms. The summed E-state index contributed by atoms with van der Waals surface area (Å²) in [4.78, 5) is 11.4. The predicted octanol–water partition coefficient (Wildman–Crippen LogP) is 2.88. The van der Waals surface area contributed by atoms with Crippen LogP contribution < -0.4 is 4.74 Å². The second-order valence-electron chi connectivity index (χ2n) is 5.23. The Labute approximate surface area is 120 Å². The first-order valence-electron chi connectivity index (χ1n) is 7.02. The van der Waals surface area contributed by atoms with Gasteiger partial charge in [0.2, 0.25) is 0 Å². The van der Waals surface area contributed by atoms with Crippen LogP contribution in [0.5, 0.6) is 5.75 Å². The zero-order chi connectivity index (χ0) is 15.2. The Morgan fingerprint density at radius 2 is 2.00 bits per heavy atom. The van der Waals surface area contributed by atoms with Gasteiger partial charge in [0, 0.05) is 0 Å². The van der Waals surface area contributed by atoms with Crippen LogP contribution in [0.25, 0.3) is 0 Å². The summed E-state index contributed by atoms with van der Waals surface area (Å²) < 4.78 is 5.14. The number of hydrogen-bond acceptors (Lipinski definition) is 3. The first-order chi connectivity index (χ1) is 9.44. The minimum Gasteiger partial charge on any atom is -0.497 e. The van der Waals surface area contributed by atoms with Gasteiger partial charge in [-0.15, -0.1) is 0 Å². The molecule has 0 aliphatic heterocycles. The summed E-state index contributed by atoms with van der Waals surface area (Å²) in [5.41, 5.74) is 0.00775. The molecule has 0 heterocycles. The smallest absolute Gasteiger partial charge is 0.306 e. The number of aliphatic hydroxyl groups is 1. The van der Waals surface area contributed by atoms with Crippen LogP contribution in [0.15, 0.2) is 24.3 Å². The molecule has 0 amide bonds. The van der Waals surface area contributed by atoms with Gasteiger partial charge in [0.1, 0.15) is 5.75 Å². The number of carboxylic acid groups (broad SMARTS) is 1. The van der Waals surface area contributed by atoms with Gasteiger partial charge in [-0.2, -0.15) is 0 Å². The van der Waals surface area contributed by atoms with Gasteiger partial charge in [-0.05, 0) is 43.4 Å². The van der Waals surface area contributed by atoms with Gasteiger partial charge in [0.05, 0.1) is 18.6 Å². The zero-order valence-corrected chi connectivity index (χ0v) is 12.4. The molecule has 0 saturated heterocycles. The average Bonchev–Trinajstić information content (AvgIpc) is 2.46. The van der Waals surface area contributed by atoms with Crippen LogP contribution >= 0.6 is 0 Å². The quantitative estimate of drug-likeness (QED) is 0.768. The van der Waals surface area contributed by atoms with E-state index in [1.807, 2.05) is 38.1 Å². The van der Waals surface area contributed by atoms with E-state index in [2.05, 4.69) is 0 Å². The van der Waals surface area contributed by atoms with Crippen molar-refractivity contribution in [1.82, 2.24) is 0 Å². The molecule has 0 aliphatic rings. The van der Waals surface area contributed by atoms with E-state index in [0.717, 1.165) is 5.56 Å². The third-order valence-electron chi connectivity index (χ3n) is 3.91. The second kappa shape index (κ2) is 7.29. The summed E-state index contributed by atoms with van der Waals surface area (Å²) >= 11 is 0. The van der Waals surface area contributed by atoms with E-state index in [1.54, 1.807) is 7.11 Å². The molecule has 0 radical (unpaired) electrons. The number of benzene rings is 1. The highest BCUT2D eigenvalue weighted by molar-refractivity contribution is 5.70. The molecule has 0 saturated carbocycles. The SMILES string of the molecule is CCC(O)(CC)CC(Cc1cccc(OC)c1)C(=O)O. The summed E-state index contributed by atoms with van der Waals surface area (Å²) in [6, 6.07) is 7.40. The third-order valence-corrected chi connectivity index (χ3v) is 3.91. The largest absolute Gasteiger partial charge is 0.497 e. The summed E-state index contributed by atoms with van der Waals surface area (Å²) in [5.74, 6) is -0.743. The van der Waals surface area contributed by atoms with Crippen molar-refractivity contribution in [2.24, 2.45) is 5.92 Å². The highest BCUT2D eigenvalue weighted by Gasteiger charge is 2.30. The van der Waals surface area contributed by atoms with Crippen molar-refractivity contribution in [3.05, 3.63) is 29.8 Å². The Hall–Kier alpha value is -1.55. The fourth-order valence-corrected chi connectivity index (χ4v) is 2.33. The van der Waals surface area contributed by atoms with Crippen molar-refractivity contribution in [2.75, 3.05) is 7.11 Å². The lowest BCUT2D eigenvalue weighted by molar-refractivity contribution is -0.144. The van der Waals surface area contributed by atoms with Crippen molar-refractivity contribution >= 4 is 5.97 Å².